The van der Waals surface area contributed by atoms with E-state index in [-0.39, 0.29) is 11.8 Å². The summed E-state index contributed by atoms with van der Waals surface area (Å²) in [5.74, 6) is 0.240. The first-order valence-electron chi connectivity index (χ1n) is 8.46. The van der Waals surface area contributed by atoms with E-state index >= 15 is 0 Å². The van der Waals surface area contributed by atoms with Crippen LogP contribution in [0.15, 0.2) is 24.3 Å². The van der Waals surface area contributed by atoms with E-state index in [1.54, 1.807) is 0 Å². The average Bonchev–Trinajstić information content (AvgIpc) is 2.85. The molecule has 0 aromatic heterocycles. The van der Waals surface area contributed by atoms with Crippen molar-refractivity contribution in [3.8, 4) is 0 Å². The highest BCUT2D eigenvalue weighted by Crippen LogP contribution is 2.34. The number of hydrogen-bond donors (Lipinski definition) is 2. The number of benzene rings is 1. The third kappa shape index (κ3) is 3.70. The van der Waals surface area contributed by atoms with Crippen LogP contribution in [0.5, 0.6) is 0 Å². The van der Waals surface area contributed by atoms with Crippen LogP contribution in [-0.4, -0.2) is 38.0 Å². The molecule has 2 aliphatic rings. The molecule has 5 nitrogen and oxygen atoms in total. The molecule has 0 radical (unpaired) electrons. The Kier molecular flexibility index (Phi) is 4.67. The molecule has 1 saturated carbocycles. The zero-order chi connectivity index (χ0) is 16.5. The minimum atomic E-state index is -3.13. The minimum absolute atomic E-state index is 0.129. The van der Waals surface area contributed by atoms with E-state index in [1.165, 1.54) is 4.31 Å². The molecule has 1 atom stereocenters. The lowest BCUT2D eigenvalue weighted by Gasteiger charge is -2.37. The molecule has 0 spiro atoms. The van der Waals surface area contributed by atoms with Crippen LogP contribution in [-0.2, 0) is 10.0 Å². The quantitative estimate of drug-likeness (QED) is 0.834. The molecular formula is C17H26N2O3S. The van der Waals surface area contributed by atoms with Crippen LogP contribution in [0, 0.1) is 0 Å². The Morgan fingerprint density at radius 2 is 2.13 bits per heavy atom. The van der Waals surface area contributed by atoms with Gasteiger partial charge in [0, 0.05) is 12.6 Å². The van der Waals surface area contributed by atoms with Crippen LogP contribution in [0.25, 0.3) is 0 Å². The molecule has 3 rings (SSSR count). The Morgan fingerprint density at radius 3 is 2.74 bits per heavy atom. The van der Waals surface area contributed by atoms with Crippen molar-refractivity contribution in [3.05, 3.63) is 29.8 Å². The standard InChI is InChI=1S/C17H26N2O3S/c1-14(18-10-9-17(20)7-3-8-17)15-5-2-6-16(13-15)19-11-4-12-23(19,21)22/h2,5-6,13-14,18,20H,3-4,7-12H2,1H3. The van der Waals surface area contributed by atoms with Crippen LogP contribution in [0.4, 0.5) is 5.69 Å². The lowest BCUT2D eigenvalue weighted by Crippen LogP contribution is -2.39. The topological polar surface area (TPSA) is 69.6 Å². The summed E-state index contributed by atoms with van der Waals surface area (Å²) in [5, 5.41) is 13.6. The number of sulfonamides is 1. The van der Waals surface area contributed by atoms with Gasteiger partial charge < -0.3 is 10.4 Å². The summed E-state index contributed by atoms with van der Waals surface area (Å²) in [5.41, 5.74) is 1.37. The van der Waals surface area contributed by atoms with Crippen LogP contribution in [0.3, 0.4) is 0 Å². The van der Waals surface area contributed by atoms with Crippen LogP contribution in [0.1, 0.15) is 50.6 Å². The van der Waals surface area contributed by atoms with Crippen molar-refractivity contribution in [2.45, 2.75) is 50.7 Å². The zero-order valence-electron chi connectivity index (χ0n) is 13.7. The Hall–Kier alpha value is -1.11. The summed E-state index contributed by atoms with van der Waals surface area (Å²) in [6.45, 7) is 3.41. The summed E-state index contributed by atoms with van der Waals surface area (Å²) in [4.78, 5) is 0. The fourth-order valence-electron chi connectivity index (χ4n) is 3.35. The fraction of sp³-hybridized carbons (Fsp3) is 0.647. The van der Waals surface area contributed by atoms with Crippen molar-refractivity contribution in [2.24, 2.45) is 0 Å². The van der Waals surface area contributed by atoms with Gasteiger partial charge in [0.05, 0.1) is 17.0 Å². The predicted octanol–water partition coefficient (Wildman–Crippen LogP) is 2.18. The molecule has 1 aliphatic carbocycles. The molecule has 0 amide bonds. The lowest BCUT2D eigenvalue weighted by molar-refractivity contribution is -0.0398. The Bertz CT molecular complexity index is 656. The zero-order valence-corrected chi connectivity index (χ0v) is 14.5. The molecule has 23 heavy (non-hydrogen) atoms. The second-order valence-corrected chi connectivity index (χ2v) is 8.85. The largest absolute Gasteiger partial charge is 0.390 e. The second kappa shape index (κ2) is 6.42. The normalized spacial score (nSPS) is 23.5. The maximum atomic E-state index is 12.0. The highest BCUT2D eigenvalue weighted by Gasteiger charge is 2.33. The summed E-state index contributed by atoms with van der Waals surface area (Å²) in [7, 11) is -3.13. The van der Waals surface area contributed by atoms with Crippen molar-refractivity contribution in [2.75, 3.05) is 23.1 Å². The van der Waals surface area contributed by atoms with Crippen molar-refractivity contribution >= 4 is 15.7 Å². The number of rotatable bonds is 6. The van der Waals surface area contributed by atoms with Crippen LogP contribution in [0.2, 0.25) is 0 Å². The van der Waals surface area contributed by atoms with Gasteiger partial charge >= 0.3 is 0 Å². The fourth-order valence-corrected chi connectivity index (χ4v) is 4.91. The van der Waals surface area contributed by atoms with Gasteiger partial charge in [-0.15, -0.1) is 0 Å². The molecule has 1 saturated heterocycles. The first kappa shape index (κ1) is 16.7. The molecule has 1 aromatic carbocycles. The number of aliphatic hydroxyl groups is 1. The third-order valence-corrected chi connectivity index (χ3v) is 6.95. The summed E-state index contributed by atoms with van der Waals surface area (Å²) >= 11 is 0. The van der Waals surface area contributed by atoms with E-state index in [2.05, 4.69) is 12.2 Å². The Labute approximate surface area is 138 Å². The van der Waals surface area contributed by atoms with Crippen molar-refractivity contribution < 1.29 is 13.5 Å². The van der Waals surface area contributed by atoms with E-state index < -0.39 is 15.6 Å². The number of anilines is 1. The monoisotopic (exact) mass is 338 g/mol. The second-order valence-electron chi connectivity index (χ2n) is 6.84. The predicted molar refractivity (Wildman–Crippen MR) is 92.0 cm³/mol. The van der Waals surface area contributed by atoms with Gasteiger partial charge in [-0.05, 0) is 63.3 Å². The molecular weight excluding hydrogens is 312 g/mol. The van der Waals surface area contributed by atoms with E-state index in [0.717, 1.165) is 43.5 Å². The van der Waals surface area contributed by atoms with E-state index in [1.807, 2.05) is 24.3 Å². The molecule has 1 unspecified atom stereocenters. The lowest BCUT2D eigenvalue weighted by atomic mass is 9.78. The van der Waals surface area contributed by atoms with E-state index in [0.29, 0.717) is 13.0 Å². The van der Waals surface area contributed by atoms with Gasteiger partial charge in [0.15, 0.2) is 0 Å². The molecule has 1 heterocycles. The molecule has 2 N–H and O–H groups in total. The van der Waals surface area contributed by atoms with E-state index in [9.17, 15) is 13.5 Å². The Balaban J connectivity index is 1.62. The van der Waals surface area contributed by atoms with Gasteiger partial charge in [-0.1, -0.05) is 12.1 Å². The van der Waals surface area contributed by atoms with E-state index in [4.69, 9.17) is 0 Å². The molecule has 2 fully saturated rings. The smallest absolute Gasteiger partial charge is 0.235 e. The first-order chi connectivity index (χ1) is 10.9. The summed E-state index contributed by atoms with van der Waals surface area (Å²) < 4.78 is 25.6. The highest BCUT2D eigenvalue weighted by molar-refractivity contribution is 7.93. The van der Waals surface area contributed by atoms with Gasteiger partial charge in [0.2, 0.25) is 10.0 Å². The molecule has 128 valence electrons. The van der Waals surface area contributed by atoms with Crippen molar-refractivity contribution in [1.82, 2.24) is 5.32 Å². The van der Waals surface area contributed by atoms with Crippen LogP contribution >= 0.6 is 0 Å². The van der Waals surface area contributed by atoms with Gasteiger partial charge in [-0.3, -0.25) is 4.31 Å². The number of nitrogens with zero attached hydrogens (tertiary/aromatic N) is 1. The molecule has 1 aromatic rings. The molecule has 0 bridgehead atoms. The summed E-state index contributed by atoms with van der Waals surface area (Å²) in [6.07, 6.45) is 4.41. The SMILES string of the molecule is CC(NCCC1(O)CCC1)c1cccc(N2CCCS2(=O)=O)c1. The van der Waals surface area contributed by atoms with Crippen molar-refractivity contribution in [1.29, 1.82) is 0 Å². The number of hydrogen-bond acceptors (Lipinski definition) is 4. The van der Waals surface area contributed by atoms with Gasteiger partial charge in [0.1, 0.15) is 0 Å². The number of nitrogens with one attached hydrogen (secondary N) is 1. The molecule has 6 heteroatoms. The van der Waals surface area contributed by atoms with Crippen molar-refractivity contribution in [3.63, 3.8) is 0 Å². The maximum absolute atomic E-state index is 12.0. The van der Waals surface area contributed by atoms with Crippen LogP contribution < -0.4 is 9.62 Å². The van der Waals surface area contributed by atoms with Gasteiger partial charge in [-0.2, -0.15) is 0 Å². The van der Waals surface area contributed by atoms with Gasteiger partial charge in [-0.25, -0.2) is 8.42 Å². The molecule has 1 aliphatic heterocycles. The Morgan fingerprint density at radius 1 is 1.35 bits per heavy atom. The summed E-state index contributed by atoms with van der Waals surface area (Å²) in [6, 6.07) is 7.87. The first-order valence-corrected chi connectivity index (χ1v) is 10.1. The van der Waals surface area contributed by atoms with Gasteiger partial charge in [0.25, 0.3) is 0 Å². The maximum Gasteiger partial charge on any atom is 0.235 e. The highest BCUT2D eigenvalue weighted by atomic mass is 32.2. The minimum Gasteiger partial charge on any atom is -0.390 e. The average molecular weight is 338 g/mol. The third-order valence-electron chi connectivity index (χ3n) is 5.08.